The largest absolute Gasteiger partial charge is 0.453 e. The number of aromatic nitrogens is 1. The lowest BCUT2D eigenvalue weighted by molar-refractivity contribution is 0.0653. The Kier molecular flexibility index (Phi) is 5.34. The van der Waals surface area contributed by atoms with Gasteiger partial charge in [0, 0.05) is 13.1 Å². The topological polar surface area (TPSA) is 54.5 Å². The zero-order valence-electron chi connectivity index (χ0n) is 15.2. The third-order valence-electron chi connectivity index (χ3n) is 5.58. The number of carbonyl (C=O) groups is 1. The van der Waals surface area contributed by atoms with E-state index in [2.05, 4.69) is 10.4 Å². The van der Waals surface area contributed by atoms with Gasteiger partial charge in [0.15, 0.2) is 11.6 Å². The molecule has 1 atom stereocenters. The highest BCUT2D eigenvalue weighted by Crippen LogP contribution is 2.36. The van der Waals surface area contributed by atoms with Crippen LogP contribution in [0.2, 0.25) is 0 Å². The number of rotatable bonds is 4. The lowest BCUT2D eigenvalue weighted by Gasteiger charge is -2.33. The zero-order chi connectivity index (χ0) is 18.6. The first-order valence-corrected chi connectivity index (χ1v) is 9.64. The van der Waals surface area contributed by atoms with Gasteiger partial charge in [0.2, 0.25) is 0 Å². The summed E-state index contributed by atoms with van der Waals surface area (Å²) in [6.45, 7) is 1.54. The minimum atomic E-state index is -0.438. The van der Waals surface area contributed by atoms with Crippen molar-refractivity contribution in [2.24, 2.45) is 11.8 Å². The molecule has 0 spiro atoms. The molecule has 2 aromatic rings. The van der Waals surface area contributed by atoms with Crippen molar-refractivity contribution in [3.05, 3.63) is 54.1 Å². The number of ether oxygens (including phenoxy) is 1. The standard InChI is InChI=1S/C21H24FN3O2/c22-18-8-1-2-9-20(18)27-17-10-11-19(23-14-17)21(26)25-12-4-7-16(13-24-25)15-5-3-6-15/h1-2,8-11,14-16,24H,3-7,12-13H2. The van der Waals surface area contributed by atoms with Crippen molar-refractivity contribution in [2.75, 3.05) is 13.1 Å². The maximum Gasteiger partial charge on any atom is 0.286 e. The fraction of sp³-hybridized carbons (Fsp3) is 0.429. The lowest BCUT2D eigenvalue weighted by Crippen LogP contribution is -2.44. The second kappa shape index (κ2) is 8.05. The number of hydrogen-bond acceptors (Lipinski definition) is 4. The third kappa shape index (κ3) is 4.11. The van der Waals surface area contributed by atoms with Crippen LogP contribution >= 0.6 is 0 Å². The summed E-state index contributed by atoms with van der Waals surface area (Å²) >= 11 is 0. The van der Waals surface area contributed by atoms with Crippen LogP contribution in [-0.2, 0) is 0 Å². The normalized spacial score (nSPS) is 20.6. The van der Waals surface area contributed by atoms with Crippen molar-refractivity contribution in [1.29, 1.82) is 0 Å². The third-order valence-corrected chi connectivity index (χ3v) is 5.58. The fourth-order valence-corrected chi connectivity index (χ4v) is 3.77. The first-order chi connectivity index (χ1) is 13.2. The Bertz CT molecular complexity index is 792. The number of para-hydroxylation sites is 1. The highest BCUT2D eigenvalue weighted by molar-refractivity contribution is 5.92. The van der Waals surface area contributed by atoms with E-state index in [4.69, 9.17) is 4.74 Å². The number of carbonyl (C=O) groups excluding carboxylic acids is 1. The lowest BCUT2D eigenvalue weighted by atomic mass is 9.74. The fourth-order valence-electron chi connectivity index (χ4n) is 3.77. The summed E-state index contributed by atoms with van der Waals surface area (Å²) in [5.74, 6) is 1.44. The van der Waals surface area contributed by atoms with Gasteiger partial charge in [0.1, 0.15) is 11.4 Å². The van der Waals surface area contributed by atoms with Gasteiger partial charge in [-0.05, 0) is 48.9 Å². The summed E-state index contributed by atoms with van der Waals surface area (Å²) in [6, 6.07) is 9.45. The number of nitrogens with zero attached hydrogens (tertiary/aromatic N) is 2. The summed E-state index contributed by atoms with van der Waals surface area (Å²) in [5, 5.41) is 1.68. The summed E-state index contributed by atoms with van der Waals surface area (Å²) in [4.78, 5) is 16.9. The first-order valence-electron chi connectivity index (χ1n) is 9.64. The number of pyridine rings is 1. The van der Waals surface area contributed by atoms with Crippen molar-refractivity contribution >= 4 is 5.91 Å². The maximum absolute atomic E-state index is 13.7. The molecular formula is C21H24FN3O2. The van der Waals surface area contributed by atoms with Gasteiger partial charge in [-0.3, -0.25) is 9.80 Å². The Morgan fingerprint density at radius 1 is 1.11 bits per heavy atom. The van der Waals surface area contributed by atoms with Gasteiger partial charge in [0.05, 0.1) is 6.20 Å². The highest BCUT2D eigenvalue weighted by Gasteiger charge is 2.30. The monoisotopic (exact) mass is 369 g/mol. The van der Waals surface area contributed by atoms with Crippen molar-refractivity contribution < 1.29 is 13.9 Å². The Labute approximate surface area is 158 Å². The van der Waals surface area contributed by atoms with Gasteiger partial charge in [-0.15, -0.1) is 0 Å². The first kappa shape index (κ1) is 17.9. The van der Waals surface area contributed by atoms with Crippen LogP contribution < -0.4 is 10.2 Å². The van der Waals surface area contributed by atoms with E-state index in [0.29, 0.717) is 23.9 Å². The zero-order valence-corrected chi connectivity index (χ0v) is 15.2. The molecule has 5 nitrogen and oxygen atoms in total. The molecule has 6 heteroatoms. The molecule has 1 saturated carbocycles. The quantitative estimate of drug-likeness (QED) is 0.879. The molecule has 1 unspecified atom stereocenters. The molecule has 4 rings (SSSR count). The average molecular weight is 369 g/mol. The van der Waals surface area contributed by atoms with Gasteiger partial charge < -0.3 is 4.74 Å². The summed E-state index contributed by atoms with van der Waals surface area (Å²) in [7, 11) is 0. The van der Waals surface area contributed by atoms with E-state index < -0.39 is 5.82 Å². The van der Waals surface area contributed by atoms with E-state index in [1.807, 2.05) is 0 Å². The summed E-state index contributed by atoms with van der Waals surface area (Å²) in [5.41, 5.74) is 3.66. The molecule has 2 fully saturated rings. The van der Waals surface area contributed by atoms with E-state index in [1.54, 1.807) is 35.3 Å². The van der Waals surface area contributed by atoms with Crippen molar-refractivity contribution in [1.82, 2.24) is 15.4 Å². The number of halogens is 1. The maximum atomic E-state index is 13.7. The molecule has 1 saturated heterocycles. The number of hydrazine groups is 1. The van der Waals surface area contributed by atoms with Gasteiger partial charge >= 0.3 is 0 Å². The van der Waals surface area contributed by atoms with Crippen molar-refractivity contribution in [3.8, 4) is 11.5 Å². The molecule has 27 heavy (non-hydrogen) atoms. The van der Waals surface area contributed by atoms with E-state index in [0.717, 1.165) is 18.9 Å². The molecule has 1 N–H and O–H groups in total. The van der Waals surface area contributed by atoms with Crippen LogP contribution in [0.5, 0.6) is 11.5 Å². The average Bonchev–Trinajstić information content (AvgIpc) is 2.88. The Balaban J connectivity index is 1.38. The number of nitrogens with one attached hydrogen (secondary N) is 1. The van der Waals surface area contributed by atoms with Crippen LogP contribution in [0.15, 0.2) is 42.6 Å². The molecule has 2 aliphatic rings. The molecule has 142 valence electrons. The Hall–Kier alpha value is -2.47. The molecule has 0 radical (unpaired) electrons. The van der Waals surface area contributed by atoms with Gasteiger partial charge in [-0.25, -0.2) is 14.8 Å². The molecule has 2 heterocycles. The van der Waals surface area contributed by atoms with E-state index in [9.17, 15) is 9.18 Å². The van der Waals surface area contributed by atoms with Crippen LogP contribution in [-0.4, -0.2) is 29.0 Å². The van der Waals surface area contributed by atoms with Crippen LogP contribution in [0.1, 0.15) is 42.6 Å². The van der Waals surface area contributed by atoms with Crippen LogP contribution in [0.25, 0.3) is 0 Å². The van der Waals surface area contributed by atoms with Gasteiger partial charge in [0.25, 0.3) is 5.91 Å². The Morgan fingerprint density at radius 3 is 2.63 bits per heavy atom. The SMILES string of the molecule is O=C(c1ccc(Oc2ccccc2F)cn1)N1CCCC(C2CCC2)CN1. The van der Waals surface area contributed by atoms with Crippen LogP contribution in [0, 0.1) is 17.7 Å². The second-order valence-corrected chi connectivity index (χ2v) is 7.32. The van der Waals surface area contributed by atoms with Crippen LogP contribution in [0.3, 0.4) is 0 Å². The molecule has 1 aromatic carbocycles. The number of hydrogen-bond donors (Lipinski definition) is 1. The van der Waals surface area contributed by atoms with Crippen molar-refractivity contribution in [2.45, 2.75) is 32.1 Å². The molecule has 1 aliphatic carbocycles. The molecule has 1 aromatic heterocycles. The highest BCUT2D eigenvalue weighted by atomic mass is 19.1. The number of amides is 1. The minimum Gasteiger partial charge on any atom is -0.453 e. The summed E-state index contributed by atoms with van der Waals surface area (Å²) in [6.07, 6.45) is 7.62. The van der Waals surface area contributed by atoms with Crippen LogP contribution in [0.4, 0.5) is 4.39 Å². The minimum absolute atomic E-state index is 0.134. The molecular weight excluding hydrogens is 345 g/mol. The van der Waals surface area contributed by atoms with Gasteiger partial charge in [-0.2, -0.15) is 0 Å². The molecule has 1 aliphatic heterocycles. The Morgan fingerprint density at radius 2 is 1.93 bits per heavy atom. The summed E-state index contributed by atoms with van der Waals surface area (Å²) < 4.78 is 19.2. The van der Waals surface area contributed by atoms with E-state index in [-0.39, 0.29) is 11.7 Å². The smallest absolute Gasteiger partial charge is 0.286 e. The predicted molar refractivity (Wildman–Crippen MR) is 99.8 cm³/mol. The van der Waals surface area contributed by atoms with Gasteiger partial charge in [-0.1, -0.05) is 31.4 Å². The molecule has 0 bridgehead atoms. The molecule has 1 amide bonds. The van der Waals surface area contributed by atoms with E-state index in [1.165, 1.54) is 37.9 Å². The predicted octanol–water partition coefficient (Wildman–Crippen LogP) is 4.17. The van der Waals surface area contributed by atoms with Crippen molar-refractivity contribution in [3.63, 3.8) is 0 Å². The second-order valence-electron chi connectivity index (χ2n) is 7.32. The number of benzene rings is 1. The van der Waals surface area contributed by atoms with E-state index >= 15 is 0 Å².